The molecule has 0 bridgehead atoms. The lowest BCUT2D eigenvalue weighted by Gasteiger charge is -2.26. The van der Waals surface area contributed by atoms with E-state index in [2.05, 4.69) is 28.6 Å². The average molecular weight is 331 g/mol. The van der Waals surface area contributed by atoms with Crippen molar-refractivity contribution in [2.75, 3.05) is 0 Å². The van der Waals surface area contributed by atoms with Gasteiger partial charge in [0.2, 0.25) is 0 Å². The number of nitrogens with one attached hydrogen (secondary N) is 1. The minimum atomic E-state index is -0.0227. The molecule has 1 atom stereocenters. The van der Waals surface area contributed by atoms with Crippen LogP contribution in [0.25, 0.3) is 5.69 Å². The SMILES string of the molecule is Cc1ccnn1-c1ccc(C(=O)N[C@@H]2CCCc3ccccc32)cc1. The maximum atomic E-state index is 12.7. The van der Waals surface area contributed by atoms with Crippen molar-refractivity contribution in [1.29, 1.82) is 0 Å². The predicted octanol–water partition coefficient (Wildman–Crippen LogP) is 3.99. The number of aromatic nitrogens is 2. The molecule has 1 aliphatic carbocycles. The van der Waals surface area contributed by atoms with E-state index >= 15 is 0 Å². The van der Waals surface area contributed by atoms with E-state index in [1.54, 1.807) is 6.20 Å². The van der Waals surface area contributed by atoms with Crippen LogP contribution < -0.4 is 5.32 Å². The van der Waals surface area contributed by atoms with Crippen LogP contribution in [0.15, 0.2) is 60.8 Å². The molecular formula is C21H21N3O. The van der Waals surface area contributed by atoms with E-state index in [0.29, 0.717) is 5.56 Å². The fourth-order valence-corrected chi connectivity index (χ4v) is 3.54. The summed E-state index contributed by atoms with van der Waals surface area (Å²) < 4.78 is 1.86. The van der Waals surface area contributed by atoms with Gasteiger partial charge in [-0.2, -0.15) is 5.10 Å². The highest BCUT2D eigenvalue weighted by molar-refractivity contribution is 5.94. The van der Waals surface area contributed by atoms with E-state index in [1.807, 2.05) is 48.0 Å². The summed E-state index contributed by atoms with van der Waals surface area (Å²) in [6, 6.07) is 18.1. The zero-order chi connectivity index (χ0) is 17.2. The highest BCUT2D eigenvalue weighted by atomic mass is 16.1. The fraction of sp³-hybridized carbons (Fsp3) is 0.238. The summed E-state index contributed by atoms with van der Waals surface area (Å²) >= 11 is 0. The van der Waals surface area contributed by atoms with Gasteiger partial charge >= 0.3 is 0 Å². The second kappa shape index (κ2) is 6.55. The van der Waals surface area contributed by atoms with E-state index in [4.69, 9.17) is 0 Å². The van der Waals surface area contributed by atoms with E-state index in [-0.39, 0.29) is 11.9 Å². The van der Waals surface area contributed by atoms with Crippen molar-refractivity contribution in [3.8, 4) is 5.69 Å². The standard InChI is InChI=1S/C21H21N3O/c1-15-13-14-22-24(15)18-11-9-17(10-12-18)21(25)23-20-8-4-6-16-5-2-3-7-19(16)20/h2-3,5,7,9-14,20H,4,6,8H2,1H3,(H,23,25)/t20-/m1/s1. The molecule has 0 saturated carbocycles. The molecule has 0 saturated heterocycles. The van der Waals surface area contributed by atoms with Gasteiger partial charge in [-0.25, -0.2) is 4.68 Å². The van der Waals surface area contributed by atoms with Crippen molar-refractivity contribution in [1.82, 2.24) is 15.1 Å². The summed E-state index contributed by atoms with van der Waals surface area (Å²) in [7, 11) is 0. The predicted molar refractivity (Wildman–Crippen MR) is 97.9 cm³/mol. The molecule has 1 aromatic heterocycles. The largest absolute Gasteiger partial charge is 0.345 e. The smallest absolute Gasteiger partial charge is 0.251 e. The molecule has 1 amide bonds. The van der Waals surface area contributed by atoms with E-state index in [1.165, 1.54) is 11.1 Å². The normalized spacial score (nSPS) is 16.3. The lowest BCUT2D eigenvalue weighted by molar-refractivity contribution is 0.0933. The Hall–Kier alpha value is -2.88. The van der Waals surface area contributed by atoms with Crippen LogP contribution in [-0.2, 0) is 6.42 Å². The minimum Gasteiger partial charge on any atom is -0.345 e. The molecule has 0 unspecified atom stereocenters. The van der Waals surface area contributed by atoms with Gasteiger partial charge in [-0.1, -0.05) is 24.3 Å². The highest BCUT2D eigenvalue weighted by Crippen LogP contribution is 2.29. The fourth-order valence-electron chi connectivity index (χ4n) is 3.54. The zero-order valence-corrected chi connectivity index (χ0v) is 14.3. The van der Waals surface area contributed by atoms with E-state index < -0.39 is 0 Å². The third kappa shape index (κ3) is 3.07. The number of amides is 1. The molecule has 1 N–H and O–H groups in total. The van der Waals surface area contributed by atoms with Gasteiger partial charge in [0, 0.05) is 17.5 Å². The molecule has 4 heteroatoms. The van der Waals surface area contributed by atoms with Gasteiger partial charge in [-0.3, -0.25) is 4.79 Å². The number of hydrogen-bond acceptors (Lipinski definition) is 2. The zero-order valence-electron chi connectivity index (χ0n) is 14.3. The van der Waals surface area contributed by atoms with Crippen LogP contribution in [0.3, 0.4) is 0 Å². The number of aryl methyl sites for hydroxylation is 2. The topological polar surface area (TPSA) is 46.9 Å². The van der Waals surface area contributed by atoms with Crippen molar-refractivity contribution < 1.29 is 4.79 Å². The van der Waals surface area contributed by atoms with Crippen molar-refractivity contribution in [3.63, 3.8) is 0 Å². The van der Waals surface area contributed by atoms with Crippen molar-refractivity contribution in [2.45, 2.75) is 32.2 Å². The van der Waals surface area contributed by atoms with Crippen molar-refractivity contribution in [3.05, 3.63) is 83.2 Å². The molecule has 4 rings (SSSR count). The monoisotopic (exact) mass is 331 g/mol. The molecule has 3 aromatic rings. The number of benzene rings is 2. The highest BCUT2D eigenvalue weighted by Gasteiger charge is 2.21. The third-order valence-electron chi connectivity index (χ3n) is 4.88. The molecule has 0 aliphatic heterocycles. The number of rotatable bonds is 3. The first-order chi connectivity index (χ1) is 12.2. The quantitative estimate of drug-likeness (QED) is 0.789. The molecule has 0 spiro atoms. The van der Waals surface area contributed by atoms with Crippen LogP contribution in [0.2, 0.25) is 0 Å². The summed E-state index contributed by atoms with van der Waals surface area (Å²) in [5, 5.41) is 7.49. The number of hydrogen-bond donors (Lipinski definition) is 1. The second-order valence-corrected chi connectivity index (χ2v) is 6.55. The molecule has 1 aliphatic rings. The van der Waals surface area contributed by atoms with Gasteiger partial charge in [-0.05, 0) is 67.6 Å². The number of nitrogens with zero attached hydrogens (tertiary/aromatic N) is 2. The van der Waals surface area contributed by atoms with Gasteiger partial charge < -0.3 is 5.32 Å². The van der Waals surface area contributed by atoms with Crippen LogP contribution in [0.5, 0.6) is 0 Å². The Morgan fingerprint density at radius 1 is 1.12 bits per heavy atom. The van der Waals surface area contributed by atoms with Gasteiger partial charge in [0.1, 0.15) is 0 Å². The lowest BCUT2D eigenvalue weighted by atomic mass is 9.87. The number of fused-ring (bicyclic) bond motifs is 1. The van der Waals surface area contributed by atoms with Gasteiger partial charge in [-0.15, -0.1) is 0 Å². The Labute approximate surface area is 147 Å². The van der Waals surface area contributed by atoms with Gasteiger partial charge in [0.15, 0.2) is 0 Å². The van der Waals surface area contributed by atoms with Gasteiger partial charge in [0.05, 0.1) is 11.7 Å². The van der Waals surface area contributed by atoms with Gasteiger partial charge in [0.25, 0.3) is 5.91 Å². The first-order valence-electron chi connectivity index (χ1n) is 8.72. The Balaban J connectivity index is 1.52. The second-order valence-electron chi connectivity index (χ2n) is 6.55. The Bertz CT molecular complexity index is 896. The number of carbonyl (C=O) groups excluding carboxylic acids is 1. The summed E-state index contributed by atoms with van der Waals surface area (Å²) in [6.07, 6.45) is 4.98. The summed E-state index contributed by atoms with van der Waals surface area (Å²) in [6.45, 7) is 2.01. The lowest BCUT2D eigenvalue weighted by Crippen LogP contribution is -2.30. The maximum Gasteiger partial charge on any atom is 0.251 e. The Morgan fingerprint density at radius 2 is 1.92 bits per heavy atom. The molecule has 25 heavy (non-hydrogen) atoms. The molecule has 4 nitrogen and oxygen atoms in total. The summed E-state index contributed by atoms with van der Waals surface area (Å²) in [5.74, 6) is -0.0227. The van der Waals surface area contributed by atoms with Crippen LogP contribution in [0, 0.1) is 6.92 Å². The molecule has 0 radical (unpaired) electrons. The third-order valence-corrected chi connectivity index (χ3v) is 4.88. The number of carbonyl (C=O) groups is 1. The maximum absolute atomic E-state index is 12.7. The summed E-state index contributed by atoms with van der Waals surface area (Å²) in [4.78, 5) is 12.7. The first-order valence-corrected chi connectivity index (χ1v) is 8.72. The van der Waals surface area contributed by atoms with E-state index in [0.717, 1.165) is 30.6 Å². The molecule has 126 valence electrons. The minimum absolute atomic E-state index is 0.0227. The van der Waals surface area contributed by atoms with Crippen LogP contribution in [0.1, 0.15) is 46.1 Å². The van der Waals surface area contributed by atoms with Crippen LogP contribution >= 0.6 is 0 Å². The Kier molecular flexibility index (Phi) is 4.10. The molecule has 1 heterocycles. The molecule has 2 aromatic carbocycles. The first kappa shape index (κ1) is 15.6. The molecule has 0 fully saturated rings. The average Bonchev–Trinajstić information content (AvgIpc) is 3.08. The molecular weight excluding hydrogens is 310 g/mol. The Morgan fingerprint density at radius 3 is 2.68 bits per heavy atom. The van der Waals surface area contributed by atoms with Crippen LogP contribution in [-0.4, -0.2) is 15.7 Å². The van der Waals surface area contributed by atoms with Crippen molar-refractivity contribution >= 4 is 5.91 Å². The van der Waals surface area contributed by atoms with Crippen LogP contribution in [0.4, 0.5) is 0 Å². The van der Waals surface area contributed by atoms with E-state index in [9.17, 15) is 4.79 Å². The van der Waals surface area contributed by atoms with Crippen molar-refractivity contribution in [2.24, 2.45) is 0 Å². The summed E-state index contributed by atoms with van der Waals surface area (Å²) in [5.41, 5.74) is 5.31.